The predicted octanol–water partition coefficient (Wildman–Crippen LogP) is 2.54. The topological polar surface area (TPSA) is 73.7 Å². The van der Waals surface area contributed by atoms with Crippen molar-refractivity contribution in [3.63, 3.8) is 0 Å². The van der Waals surface area contributed by atoms with Crippen molar-refractivity contribution < 1.29 is 19.1 Å². The van der Waals surface area contributed by atoms with E-state index in [2.05, 4.69) is 4.98 Å². The Kier molecular flexibility index (Phi) is 5.26. The van der Waals surface area contributed by atoms with E-state index >= 15 is 0 Å². The van der Waals surface area contributed by atoms with Crippen LogP contribution in [0, 0.1) is 5.41 Å². The van der Waals surface area contributed by atoms with Crippen molar-refractivity contribution in [2.24, 2.45) is 5.41 Å². The predicted molar refractivity (Wildman–Crippen MR) is 102 cm³/mol. The first kappa shape index (κ1) is 18.8. The second-order valence-corrected chi connectivity index (χ2v) is 7.83. The summed E-state index contributed by atoms with van der Waals surface area (Å²) in [6.07, 6.45) is 7.08. The molecular formula is C20H22ClN3O4. The number of halogens is 1. The van der Waals surface area contributed by atoms with Crippen LogP contribution in [0.4, 0.5) is 0 Å². The SMILES string of the molecule is O=C(COc1cccc(Cl)c1)N1CCC2(CC1)CC(Cn1ccnc1)OC2=O. The van der Waals surface area contributed by atoms with Gasteiger partial charge in [-0.15, -0.1) is 0 Å². The van der Waals surface area contributed by atoms with Crippen molar-refractivity contribution in [1.29, 1.82) is 0 Å². The van der Waals surface area contributed by atoms with E-state index in [0.717, 1.165) is 0 Å². The summed E-state index contributed by atoms with van der Waals surface area (Å²) in [6.45, 7) is 1.64. The Morgan fingerprint density at radius 2 is 2.18 bits per heavy atom. The number of ether oxygens (including phenoxy) is 2. The average molecular weight is 404 g/mol. The first-order valence-corrected chi connectivity index (χ1v) is 9.75. The lowest BCUT2D eigenvalue weighted by molar-refractivity contribution is -0.153. The van der Waals surface area contributed by atoms with Crippen LogP contribution in [0.5, 0.6) is 5.75 Å². The molecule has 1 aromatic carbocycles. The van der Waals surface area contributed by atoms with Gasteiger partial charge in [0.25, 0.3) is 5.91 Å². The second kappa shape index (κ2) is 7.83. The summed E-state index contributed by atoms with van der Waals surface area (Å²) in [6, 6.07) is 6.97. The number of likely N-dealkylation sites (tertiary alicyclic amines) is 1. The van der Waals surface area contributed by atoms with E-state index in [1.165, 1.54) is 0 Å². The van der Waals surface area contributed by atoms with Crippen molar-refractivity contribution in [3.8, 4) is 5.75 Å². The van der Waals surface area contributed by atoms with Crippen LogP contribution in [-0.4, -0.2) is 52.1 Å². The molecule has 1 amide bonds. The van der Waals surface area contributed by atoms with Gasteiger partial charge >= 0.3 is 5.97 Å². The number of piperidine rings is 1. The third-order valence-corrected chi connectivity index (χ3v) is 5.77. The molecule has 1 aromatic heterocycles. The first-order valence-electron chi connectivity index (χ1n) is 9.37. The van der Waals surface area contributed by atoms with Gasteiger partial charge in [-0.2, -0.15) is 0 Å². The molecule has 2 saturated heterocycles. The fourth-order valence-electron chi connectivity index (χ4n) is 3.95. The number of nitrogens with zero attached hydrogens (tertiary/aromatic N) is 3. The first-order chi connectivity index (χ1) is 13.5. The smallest absolute Gasteiger partial charge is 0.312 e. The quantitative estimate of drug-likeness (QED) is 0.717. The maximum atomic E-state index is 12.5. The van der Waals surface area contributed by atoms with Crippen LogP contribution in [0.1, 0.15) is 19.3 Å². The zero-order chi connectivity index (χ0) is 19.6. The number of amides is 1. The van der Waals surface area contributed by atoms with Crippen molar-refractivity contribution in [3.05, 3.63) is 48.0 Å². The Balaban J connectivity index is 1.29. The number of hydrogen-bond acceptors (Lipinski definition) is 5. The maximum absolute atomic E-state index is 12.5. The summed E-state index contributed by atoms with van der Waals surface area (Å²) in [5, 5.41) is 0.565. The van der Waals surface area contributed by atoms with Crippen molar-refractivity contribution in [2.75, 3.05) is 19.7 Å². The second-order valence-electron chi connectivity index (χ2n) is 7.40. The number of rotatable bonds is 5. The fraction of sp³-hybridized carbons (Fsp3) is 0.450. The van der Waals surface area contributed by atoms with E-state index in [9.17, 15) is 9.59 Å². The minimum absolute atomic E-state index is 0.0406. The molecule has 8 heteroatoms. The number of cyclic esters (lactones) is 1. The molecule has 0 saturated carbocycles. The number of aromatic nitrogens is 2. The highest BCUT2D eigenvalue weighted by Gasteiger charge is 2.50. The van der Waals surface area contributed by atoms with Gasteiger partial charge in [-0.05, 0) is 31.0 Å². The van der Waals surface area contributed by atoms with E-state index < -0.39 is 5.41 Å². The molecule has 28 heavy (non-hydrogen) atoms. The molecule has 3 heterocycles. The zero-order valence-electron chi connectivity index (χ0n) is 15.4. The summed E-state index contributed by atoms with van der Waals surface area (Å²) in [5.74, 6) is 0.340. The Bertz CT molecular complexity index is 847. The molecule has 0 N–H and O–H groups in total. The van der Waals surface area contributed by atoms with Gasteiger partial charge in [0.05, 0.1) is 18.3 Å². The van der Waals surface area contributed by atoms with Crippen LogP contribution in [0.2, 0.25) is 5.02 Å². The van der Waals surface area contributed by atoms with Crippen LogP contribution in [0.15, 0.2) is 43.0 Å². The molecule has 4 rings (SSSR count). The Morgan fingerprint density at radius 1 is 1.36 bits per heavy atom. The van der Waals surface area contributed by atoms with Gasteiger partial charge in [-0.25, -0.2) is 4.98 Å². The highest BCUT2D eigenvalue weighted by atomic mass is 35.5. The lowest BCUT2D eigenvalue weighted by Crippen LogP contribution is -2.46. The minimum atomic E-state index is -0.476. The Hall–Kier alpha value is -2.54. The molecule has 0 bridgehead atoms. The van der Waals surface area contributed by atoms with Crippen molar-refractivity contribution in [1.82, 2.24) is 14.5 Å². The summed E-state index contributed by atoms with van der Waals surface area (Å²) in [5.41, 5.74) is -0.476. The van der Waals surface area contributed by atoms with E-state index in [0.29, 0.717) is 49.7 Å². The summed E-state index contributed by atoms with van der Waals surface area (Å²) >= 11 is 5.92. The van der Waals surface area contributed by atoms with Gasteiger partial charge < -0.3 is 18.9 Å². The molecule has 2 aliphatic heterocycles. The highest BCUT2D eigenvalue weighted by molar-refractivity contribution is 6.30. The Morgan fingerprint density at radius 3 is 2.89 bits per heavy atom. The fourth-order valence-corrected chi connectivity index (χ4v) is 4.13. The lowest BCUT2D eigenvalue weighted by atomic mass is 9.76. The monoisotopic (exact) mass is 403 g/mol. The van der Waals surface area contributed by atoms with E-state index in [1.807, 2.05) is 10.8 Å². The normalized spacial score (nSPS) is 21.0. The van der Waals surface area contributed by atoms with Crippen LogP contribution in [-0.2, 0) is 20.9 Å². The number of benzene rings is 1. The van der Waals surface area contributed by atoms with Gasteiger partial charge in [0.15, 0.2) is 6.61 Å². The number of carbonyl (C=O) groups excluding carboxylic acids is 2. The number of imidazole rings is 1. The van der Waals surface area contributed by atoms with Crippen molar-refractivity contribution in [2.45, 2.75) is 31.9 Å². The molecule has 2 aliphatic rings. The summed E-state index contributed by atoms with van der Waals surface area (Å²) in [4.78, 5) is 30.8. The third-order valence-electron chi connectivity index (χ3n) is 5.53. The third kappa shape index (κ3) is 3.99. The summed E-state index contributed by atoms with van der Waals surface area (Å²) in [7, 11) is 0. The van der Waals surface area contributed by atoms with E-state index in [1.54, 1.807) is 41.7 Å². The van der Waals surface area contributed by atoms with E-state index in [-0.39, 0.29) is 24.6 Å². The molecule has 1 unspecified atom stereocenters. The molecule has 7 nitrogen and oxygen atoms in total. The molecule has 0 aliphatic carbocycles. The lowest BCUT2D eigenvalue weighted by Gasteiger charge is -2.36. The average Bonchev–Trinajstić information content (AvgIpc) is 3.29. The molecule has 2 fully saturated rings. The number of carbonyl (C=O) groups is 2. The molecule has 148 valence electrons. The summed E-state index contributed by atoms with van der Waals surface area (Å²) < 4.78 is 13.1. The minimum Gasteiger partial charge on any atom is -0.484 e. The molecular weight excluding hydrogens is 382 g/mol. The van der Waals surface area contributed by atoms with E-state index in [4.69, 9.17) is 21.1 Å². The van der Waals surface area contributed by atoms with Gasteiger partial charge in [0.2, 0.25) is 0 Å². The van der Waals surface area contributed by atoms with Crippen LogP contribution >= 0.6 is 11.6 Å². The van der Waals surface area contributed by atoms with Gasteiger partial charge in [-0.1, -0.05) is 17.7 Å². The standard InChI is InChI=1S/C20H22ClN3O4/c21-15-2-1-3-16(10-15)27-13-18(25)24-7-4-20(5-8-24)11-17(28-19(20)26)12-23-9-6-22-14-23/h1-3,6,9-10,14,17H,4-5,7-8,11-13H2. The zero-order valence-corrected chi connectivity index (χ0v) is 16.2. The molecule has 1 atom stereocenters. The van der Waals surface area contributed by atoms with Crippen LogP contribution in [0.25, 0.3) is 0 Å². The highest BCUT2D eigenvalue weighted by Crippen LogP contribution is 2.43. The largest absolute Gasteiger partial charge is 0.484 e. The van der Waals surface area contributed by atoms with Crippen LogP contribution in [0.3, 0.4) is 0 Å². The van der Waals surface area contributed by atoms with Crippen molar-refractivity contribution >= 4 is 23.5 Å². The number of hydrogen-bond donors (Lipinski definition) is 0. The van der Waals surface area contributed by atoms with Gasteiger partial charge in [0.1, 0.15) is 11.9 Å². The molecule has 2 aromatic rings. The van der Waals surface area contributed by atoms with Crippen LogP contribution < -0.4 is 4.74 Å². The van der Waals surface area contributed by atoms with Gasteiger partial charge in [0, 0.05) is 36.9 Å². The number of esters is 1. The maximum Gasteiger partial charge on any atom is 0.312 e. The molecule has 0 radical (unpaired) electrons. The molecule has 1 spiro atoms. The Labute approximate surface area is 168 Å². The van der Waals surface area contributed by atoms with Gasteiger partial charge in [-0.3, -0.25) is 9.59 Å².